The quantitative estimate of drug-likeness (QED) is 0.339. The van der Waals surface area contributed by atoms with E-state index in [4.69, 9.17) is 4.52 Å². The van der Waals surface area contributed by atoms with E-state index in [2.05, 4.69) is 25.8 Å². The molecule has 0 radical (unpaired) electrons. The summed E-state index contributed by atoms with van der Waals surface area (Å²) in [6.45, 7) is 7.76. The molecule has 2 atom stereocenters. The van der Waals surface area contributed by atoms with Gasteiger partial charge in [0.2, 0.25) is 11.3 Å². The number of carbonyl (C=O) groups excluding carboxylic acids is 2. The number of hydrogen-bond acceptors (Lipinski definition) is 10. The zero-order valence-corrected chi connectivity index (χ0v) is 18.1. The molecule has 2 amide bonds. The molecular weight excluding hydrogens is 415 g/mol. The van der Waals surface area contributed by atoms with Crippen LogP contribution in [-0.2, 0) is 27.7 Å². The first kappa shape index (κ1) is 22.1. The third kappa shape index (κ3) is 5.01. The zero-order valence-electron chi connectivity index (χ0n) is 15.6. The molecule has 0 spiro atoms. The molecule has 0 saturated carbocycles. The Morgan fingerprint density at radius 3 is 2.33 bits per heavy atom. The van der Waals surface area contributed by atoms with Crippen LogP contribution < -0.4 is 0 Å². The minimum absolute atomic E-state index is 0.0761. The van der Waals surface area contributed by atoms with Crippen LogP contribution >= 0.6 is 31.3 Å². The van der Waals surface area contributed by atoms with Crippen LogP contribution in [0.25, 0.3) is 0 Å². The fraction of sp³-hybridized carbons (Fsp3) is 0.571. The Balaban J connectivity index is 2.19. The molecule has 13 heteroatoms. The second-order valence-electron chi connectivity index (χ2n) is 5.67. The van der Waals surface area contributed by atoms with Crippen molar-refractivity contribution in [3.63, 3.8) is 0 Å². The van der Waals surface area contributed by atoms with Crippen LogP contribution in [0.5, 0.6) is 0 Å². The molecule has 0 bridgehead atoms. The maximum atomic E-state index is 12.3. The van der Waals surface area contributed by atoms with Gasteiger partial charge < -0.3 is 0 Å². The van der Waals surface area contributed by atoms with Gasteiger partial charge in [-0.1, -0.05) is 23.9 Å². The predicted molar refractivity (Wildman–Crippen MR) is 105 cm³/mol. The van der Waals surface area contributed by atoms with E-state index in [1.54, 1.807) is 6.92 Å². The molecule has 10 nitrogen and oxygen atoms in total. The minimum atomic E-state index is -3.83. The Bertz CT molecular complexity index is 750. The summed E-state index contributed by atoms with van der Waals surface area (Å²) in [4.78, 5) is 27.2. The standard InChI is InChI=1S/C14H21N4O6PS2/c1-8(2)7-18-10(19)9(3)26-14(18)16-15-13-17(4)11(20)12(27-13)24-25(21,22-5)23-6/h9,12H,1,7H2,2-6H3/b15-13-,16-14-. The number of phosphoric acid groups is 1. The average molecular weight is 436 g/mol. The predicted octanol–water partition coefficient (Wildman–Crippen LogP) is 2.10. The van der Waals surface area contributed by atoms with Gasteiger partial charge in [0.25, 0.3) is 5.91 Å². The maximum absolute atomic E-state index is 12.3. The highest BCUT2D eigenvalue weighted by Gasteiger charge is 2.42. The van der Waals surface area contributed by atoms with Crippen LogP contribution in [-0.4, -0.2) is 70.4 Å². The number of amides is 2. The molecule has 2 heterocycles. The van der Waals surface area contributed by atoms with Crippen LogP contribution in [0.4, 0.5) is 0 Å². The monoisotopic (exact) mass is 436 g/mol. The molecule has 0 aromatic rings. The van der Waals surface area contributed by atoms with Crippen LogP contribution in [0.1, 0.15) is 13.8 Å². The topological polar surface area (TPSA) is 110 Å². The molecule has 0 aromatic carbocycles. The first-order valence-electron chi connectivity index (χ1n) is 7.74. The Hall–Kier alpha value is -1.17. The number of nitrogens with zero attached hydrogens (tertiary/aromatic N) is 4. The van der Waals surface area contributed by atoms with Gasteiger partial charge >= 0.3 is 7.82 Å². The van der Waals surface area contributed by atoms with Gasteiger partial charge in [-0.05, 0) is 25.6 Å². The Kier molecular flexibility index (Phi) is 7.28. The second kappa shape index (κ2) is 8.89. The molecule has 2 aliphatic rings. The van der Waals surface area contributed by atoms with Gasteiger partial charge in [-0.15, -0.1) is 10.2 Å². The fourth-order valence-electron chi connectivity index (χ4n) is 2.08. The largest absolute Gasteiger partial charge is 0.475 e. The Morgan fingerprint density at radius 1 is 1.19 bits per heavy atom. The number of rotatable bonds is 7. The highest BCUT2D eigenvalue weighted by molar-refractivity contribution is 8.16. The summed E-state index contributed by atoms with van der Waals surface area (Å²) in [7, 11) is -0.0239. The van der Waals surface area contributed by atoms with E-state index in [1.165, 1.54) is 28.6 Å². The van der Waals surface area contributed by atoms with Crippen LogP contribution in [0.3, 0.4) is 0 Å². The van der Waals surface area contributed by atoms with Crippen molar-refractivity contribution >= 4 is 53.5 Å². The number of amidine groups is 2. The van der Waals surface area contributed by atoms with E-state index < -0.39 is 19.2 Å². The van der Waals surface area contributed by atoms with Gasteiger partial charge in [0.05, 0.1) is 5.25 Å². The highest BCUT2D eigenvalue weighted by Crippen LogP contribution is 2.51. The molecule has 27 heavy (non-hydrogen) atoms. The summed E-state index contributed by atoms with van der Waals surface area (Å²) >= 11 is 2.20. The van der Waals surface area contributed by atoms with Crippen molar-refractivity contribution in [2.24, 2.45) is 10.2 Å². The summed E-state index contributed by atoms with van der Waals surface area (Å²) in [5.74, 6) is -0.552. The highest BCUT2D eigenvalue weighted by atomic mass is 32.2. The number of carbonyl (C=O) groups is 2. The van der Waals surface area contributed by atoms with E-state index in [0.717, 1.165) is 31.6 Å². The first-order valence-corrected chi connectivity index (χ1v) is 11.0. The lowest BCUT2D eigenvalue weighted by Gasteiger charge is -2.15. The normalized spacial score (nSPS) is 26.7. The van der Waals surface area contributed by atoms with Crippen molar-refractivity contribution in [2.75, 3.05) is 27.8 Å². The summed E-state index contributed by atoms with van der Waals surface area (Å²) in [5.41, 5.74) is -0.327. The molecule has 2 saturated heterocycles. The van der Waals surface area contributed by atoms with E-state index in [-0.39, 0.29) is 16.3 Å². The molecule has 0 N–H and O–H groups in total. The molecule has 2 aliphatic heterocycles. The Labute approximate surface area is 166 Å². The number of thioether (sulfide) groups is 2. The van der Waals surface area contributed by atoms with Crippen molar-refractivity contribution in [1.29, 1.82) is 0 Å². The van der Waals surface area contributed by atoms with E-state index in [9.17, 15) is 14.2 Å². The van der Waals surface area contributed by atoms with Crippen molar-refractivity contribution in [1.82, 2.24) is 9.80 Å². The molecule has 150 valence electrons. The van der Waals surface area contributed by atoms with Crippen molar-refractivity contribution < 1.29 is 27.7 Å². The first-order chi connectivity index (χ1) is 12.6. The number of likely N-dealkylation sites (N-methyl/N-ethyl adjacent to an activating group) is 1. The number of hydrogen-bond donors (Lipinski definition) is 0. The van der Waals surface area contributed by atoms with Crippen LogP contribution in [0, 0.1) is 0 Å². The summed E-state index contributed by atoms with van der Waals surface area (Å²) in [6.07, 6.45) is 0. The van der Waals surface area contributed by atoms with Crippen LogP contribution in [0.15, 0.2) is 22.4 Å². The van der Waals surface area contributed by atoms with Gasteiger partial charge in [-0.2, -0.15) is 0 Å². The molecule has 0 aromatic heterocycles. The summed E-state index contributed by atoms with van der Waals surface area (Å²) < 4.78 is 26.6. The van der Waals surface area contributed by atoms with E-state index in [0.29, 0.717) is 11.7 Å². The molecule has 2 rings (SSSR count). The van der Waals surface area contributed by atoms with Gasteiger partial charge in [0.15, 0.2) is 10.3 Å². The fourth-order valence-corrected chi connectivity index (χ4v) is 4.91. The van der Waals surface area contributed by atoms with Gasteiger partial charge in [-0.25, -0.2) is 4.57 Å². The van der Waals surface area contributed by atoms with Gasteiger partial charge in [0.1, 0.15) is 0 Å². The minimum Gasteiger partial charge on any atom is -0.290 e. The molecule has 0 aliphatic carbocycles. The van der Waals surface area contributed by atoms with E-state index in [1.807, 2.05) is 6.92 Å². The SMILES string of the molecule is C=C(C)CN1C(=O)C(C)S/C1=N\N=C1/SC(OP(=O)(OC)OC)C(=O)N1C. The number of phosphoric ester groups is 1. The van der Waals surface area contributed by atoms with Crippen molar-refractivity contribution in [3.05, 3.63) is 12.2 Å². The summed E-state index contributed by atoms with van der Waals surface area (Å²) in [5, 5.41) is 8.58. The lowest BCUT2D eigenvalue weighted by atomic mass is 10.3. The molecular formula is C14H21N4O6PS2. The van der Waals surface area contributed by atoms with Crippen molar-refractivity contribution in [2.45, 2.75) is 24.5 Å². The lowest BCUT2D eigenvalue weighted by molar-refractivity contribution is -0.129. The Morgan fingerprint density at radius 2 is 1.78 bits per heavy atom. The van der Waals surface area contributed by atoms with Crippen LogP contribution in [0.2, 0.25) is 0 Å². The maximum Gasteiger partial charge on any atom is 0.475 e. The van der Waals surface area contributed by atoms with Crippen molar-refractivity contribution in [3.8, 4) is 0 Å². The molecule has 2 fully saturated rings. The third-order valence-corrected chi connectivity index (χ3v) is 7.13. The molecule has 2 unspecified atom stereocenters. The van der Waals surface area contributed by atoms with Gasteiger partial charge in [-0.3, -0.25) is 33.0 Å². The smallest absolute Gasteiger partial charge is 0.290 e. The third-order valence-electron chi connectivity index (χ3n) is 3.48. The van der Waals surface area contributed by atoms with Gasteiger partial charge in [0, 0.05) is 27.8 Å². The summed E-state index contributed by atoms with van der Waals surface area (Å²) in [6, 6.07) is 0. The van der Waals surface area contributed by atoms with E-state index >= 15 is 0 Å². The lowest BCUT2D eigenvalue weighted by Crippen LogP contribution is -2.32. The zero-order chi connectivity index (χ0) is 20.4. The average Bonchev–Trinajstić information content (AvgIpc) is 3.04. The second-order valence-corrected chi connectivity index (χ2v) is 9.84.